The van der Waals surface area contributed by atoms with Crippen LogP contribution in [0, 0.1) is 22.7 Å². The third-order valence-corrected chi connectivity index (χ3v) is 4.87. The Kier molecular flexibility index (Phi) is 3.81. The Morgan fingerprint density at radius 1 is 1.42 bits per heavy atom. The molecule has 19 heavy (non-hydrogen) atoms. The summed E-state index contributed by atoms with van der Waals surface area (Å²) < 4.78 is 5.08. The molecule has 2 aliphatic rings. The molecule has 0 aromatic rings. The molecule has 2 aliphatic carbocycles. The molecule has 0 radical (unpaired) electrons. The number of carbonyl (C=O) groups is 1. The lowest BCUT2D eigenvalue weighted by Crippen LogP contribution is -2.17. The number of hydrogen-bond acceptors (Lipinski definition) is 2. The molecule has 3 atom stereocenters. The summed E-state index contributed by atoms with van der Waals surface area (Å²) in [5.41, 5.74) is 2.25. The van der Waals surface area contributed by atoms with Gasteiger partial charge in [-0.1, -0.05) is 39.3 Å². The molecule has 2 nitrogen and oxygen atoms in total. The maximum absolute atomic E-state index is 11.7. The predicted molar refractivity (Wildman–Crippen MR) is 77.7 cm³/mol. The van der Waals surface area contributed by atoms with Crippen molar-refractivity contribution < 1.29 is 9.53 Å². The molecule has 0 N–H and O–H groups in total. The molecule has 0 amide bonds. The summed E-state index contributed by atoms with van der Waals surface area (Å²) in [6, 6.07) is 0. The summed E-state index contributed by atoms with van der Waals surface area (Å²) in [6.45, 7) is 11.6. The molecular formula is C17H28O2. The standard InChI is InChI=1S/C17H28O2/c1-6-19-15(18)7-12(2)13-8-16(3,4)10-14-11-17(14,5)9-13/h9,12,14H,6-8,10-11H2,1-5H3/t12-,14?,17+/m0/s1. The van der Waals surface area contributed by atoms with Crippen molar-refractivity contribution in [2.45, 2.75) is 60.3 Å². The summed E-state index contributed by atoms with van der Waals surface area (Å²) in [5, 5.41) is 0. The lowest BCUT2D eigenvalue weighted by atomic mass is 9.78. The highest BCUT2D eigenvalue weighted by atomic mass is 16.5. The summed E-state index contributed by atoms with van der Waals surface area (Å²) in [5.74, 6) is 1.11. The van der Waals surface area contributed by atoms with E-state index in [1.165, 1.54) is 18.4 Å². The van der Waals surface area contributed by atoms with Crippen LogP contribution in [0.5, 0.6) is 0 Å². The van der Waals surface area contributed by atoms with Gasteiger partial charge < -0.3 is 4.74 Å². The molecule has 1 unspecified atom stereocenters. The number of esters is 1. The number of hydrogen-bond donors (Lipinski definition) is 0. The van der Waals surface area contributed by atoms with Crippen LogP contribution in [0.25, 0.3) is 0 Å². The lowest BCUT2D eigenvalue weighted by Gasteiger charge is -2.27. The Morgan fingerprint density at radius 2 is 2.11 bits per heavy atom. The van der Waals surface area contributed by atoms with Gasteiger partial charge in [-0.25, -0.2) is 0 Å². The van der Waals surface area contributed by atoms with Gasteiger partial charge in [-0.05, 0) is 48.9 Å². The van der Waals surface area contributed by atoms with Crippen molar-refractivity contribution in [1.29, 1.82) is 0 Å². The molecule has 1 fully saturated rings. The fourth-order valence-electron chi connectivity index (χ4n) is 3.64. The average Bonchev–Trinajstić information content (AvgIpc) is 2.86. The number of carbonyl (C=O) groups excluding carboxylic acids is 1. The predicted octanol–water partition coefficient (Wildman–Crippen LogP) is 4.35. The van der Waals surface area contributed by atoms with Crippen molar-refractivity contribution >= 4 is 5.97 Å². The van der Waals surface area contributed by atoms with Crippen LogP contribution in [0.3, 0.4) is 0 Å². The van der Waals surface area contributed by atoms with Crippen LogP contribution in [-0.4, -0.2) is 12.6 Å². The first-order valence-electron chi connectivity index (χ1n) is 7.63. The molecule has 0 heterocycles. The van der Waals surface area contributed by atoms with E-state index < -0.39 is 0 Å². The fraction of sp³-hybridized carbons (Fsp3) is 0.824. The fourth-order valence-corrected chi connectivity index (χ4v) is 3.64. The van der Waals surface area contributed by atoms with Gasteiger partial charge in [0.2, 0.25) is 0 Å². The molecule has 2 heteroatoms. The van der Waals surface area contributed by atoms with Gasteiger partial charge in [-0.15, -0.1) is 0 Å². The smallest absolute Gasteiger partial charge is 0.306 e. The largest absolute Gasteiger partial charge is 0.466 e. The van der Waals surface area contributed by atoms with Gasteiger partial charge in [0.05, 0.1) is 13.0 Å². The van der Waals surface area contributed by atoms with Crippen molar-refractivity contribution in [1.82, 2.24) is 0 Å². The Morgan fingerprint density at radius 3 is 2.74 bits per heavy atom. The second kappa shape index (κ2) is 4.96. The van der Waals surface area contributed by atoms with E-state index in [-0.39, 0.29) is 5.97 Å². The van der Waals surface area contributed by atoms with Crippen molar-refractivity contribution in [3.8, 4) is 0 Å². The Balaban J connectivity index is 2.08. The van der Waals surface area contributed by atoms with E-state index >= 15 is 0 Å². The monoisotopic (exact) mass is 264 g/mol. The zero-order valence-corrected chi connectivity index (χ0v) is 13.1. The van der Waals surface area contributed by atoms with Crippen molar-refractivity contribution in [3.05, 3.63) is 11.6 Å². The Labute approximate surface area is 117 Å². The Bertz CT molecular complexity index is 394. The second-order valence-electron chi connectivity index (χ2n) is 7.58. The summed E-state index contributed by atoms with van der Waals surface area (Å²) in [6.07, 6.45) is 6.77. The first kappa shape index (κ1) is 14.6. The molecule has 0 aromatic carbocycles. The third kappa shape index (κ3) is 3.40. The number of allylic oxidation sites excluding steroid dienone is 2. The number of ether oxygens (including phenoxy) is 1. The van der Waals surface area contributed by atoms with Gasteiger partial charge in [0.1, 0.15) is 0 Å². The topological polar surface area (TPSA) is 26.3 Å². The third-order valence-electron chi connectivity index (χ3n) is 4.87. The van der Waals surface area contributed by atoms with Crippen LogP contribution < -0.4 is 0 Å². The molecule has 1 saturated carbocycles. The quantitative estimate of drug-likeness (QED) is 0.557. The van der Waals surface area contributed by atoms with Crippen LogP contribution in [-0.2, 0) is 9.53 Å². The zero-order valence-electron chi connectivity index (χ0n) is 13.1. The SMILES string of the molecule is CCOC(=O)C[C@H](C)C1=C[C@]2(C)CC2CC(C)(C)C1. The lowest BCUT2D eigenvalue weighted by molar-refractivity contribution is -0.143. The molecule has 0 aliphatic heterocycles. The first-order chi connectivity index (χ1) is 8.76. The average molecular weight is 264 g/mol. The van der Waals surface area contributed by atoms with Crippen molar-refractivity contribution in [2.75, 3.05) is 6.61 Å². The number of rotatable bonds is 4. The molecule has 0 bridgehead atoms. The number of fused-ring (bicyclic) bond motifs is 1. The van der Waals surface area contributed by atoms with Crippen LogP contribution >= 0.6 is 0 Å². The van der Waals surface area contributed by atoms with Gasteiger partial charge in [0, 0.05) is 0 Å². The van der Waals surface area contributed by atoms with E-state index in [2.05, 4.69) is 33.8 Å². The van der Waals surface area contributed by atoms with Crippen LogP contribution in [0.4, 0.5) is 0 Å². The summed E-state index contributed by atoms with van der Waals surface area (Å²) in [7, 11) is 0. The molecule has 0 saturated heterocycles. The minimum absolute atomic E-state index is 0.0598. The highest BCUT2D eigenvalue weighted by Gasteiger charge is 2.52. The molecule has 0 aromatic heterocycles. The second-order valence-corrected chi connectivity index (χ2v) is 7.58. The zero-order chi connectivity index (χ0) is 14.3. The van der Waals surface area contributed by atoms with Gasteiger partial charge >= 0.3 is 5.97 Å². The Hall–Kier alpha value is -0.790. The van der Waals surface area contributed by atoms with Crippen LogP contribution in [0.2, 0.25) is 0 Å². The highest BCUT2D eigenvalue weighted by Crippen LogP contribution is 2.61. The van der Waals surface area contributed by atoms with E-state index in [4.69, 9.17) is 4.74 Å². The summed E-state index contributed by atoms with van der Waals surface area (Å²) in [4.78, 5) is 11.7. The van der Waals surface area contributed by atoms with E-state index in [0.717, 1.165) is 12.3 Å². The van der Waals surface area contributed by atoms with E-state index in [1.807, 2.05) is 6.92 Å². The highest BCUT2D eigenvalue weighted by molar-refractivity contribution is 5.70. The van der Waals surface area contributed by atoms with E-state index in [0.29, 0.717) is 29.8 Å². The minimum atomic E-state index is -0.0598. The first-order valence-corrected chi connectivity index (χ1v) is 7.63. The van der Waals surface area contributed by atoms with Crippen molar-refractivity contribution in [2.24, 2.45) is 22.7 Å². The van der Waals surface area contributed by atoms with Crippen molar-refractivity contribution in [3.63, 3.8) is 0 Å². The van der Waals surface area contributed by atoms with Gasteiger partial charge in [0.25, 0.3) is 0 Å². The van der Waals surface area contributed by atoms with E-state index in [9.17, 15) is 4.79 Å². The summed E-state index contributed by atoms with van der Waals surface area (Å²) >= 11 is 0. The van der Waals surface area contributed by atoms with Crippen LogP contribution in [0.15, 0.2) is 11.6 Å². The molecule has 108 valence electrons. The molecule has 2 rings (SSSR count). The maximum atomic E-state index is 11.7. The van der Waals surface area contributed by atoms with Crippen LogP contribution in [0.1, 0.15) is 60.3 Å². The minimum Gasteiger partial charge on any atom is -0.466 e. The van der Waals surface area contributed by atoms with E-state index in [1.54, 1.807) is 0 Å². The van der Waals surface area contributed by atoms with Gasteiger partial charge in [0.15, 0.2) is 0 Å². The van der Waals surface area contributed by atoms with Gasteiger partial charge in [-0.2, -0.15) is 0 Å². The normalized spacial score (nSPS) is 33.7. The maximum Gasteiger partial charge on any atom is 0.306 e. The van der Waals surface area contributed by atoms with Gasteiger partial charge in [-0.3, -0.25) is 4.79 Å². The molecule has 0 spiro atoms. The molecular weight excluding hydrogens is 236 g/mol.